The second-order valence-corrected chi connectivity index (χ2v) is 6.24. The minimum atomic E-state index is 0.0309. The van der Waals surface area contributed by atoms with Crippen LogP contribution in [0.25, 0.3) is 11.3 Å². The van der Waals surface area contributed by atoms with Crippen molar-refractivity contribution in [2.24, 2.45) is 0 Å². The van der Waals surface area contributed by atoms with Crippen molar-refractivity contribution in [1.29, 1.82) is 0 Å². The number of rotatable bonds is 8. The fraction of sp³-hybridized carbons (Fsp3) is 0.286. The maximum atomic E-state index is 12.2. The summed E-state index contributed by atoms with van der Waals surface area (Å²) < 4.78 is 1.60. The zero-order valence-electron chi connectivity index (χ0n) is 14.6. The smallest absolute Gasteiger partial charge is 0.184 e. The first-order valence-corrected chi connectivity index (χ1v) is 8.84. The number of unbranched alkanes of at least 4 members (excludes halogenated alkanes) is 2. The van der Waals surface area contributed by atoms with E-state index in [1.165, 1.54) is 24.8 Å². The summed E-state index contributed by atoms with van der Waals surface area (Å²) in [6.45, 7) is 2.42. The van der Waals surface area contributed by atoms with Crippen LogP contribution in [-0.2, 0) is 13.0 Å². The molecular weight excluding hydrogens is 310 g/mol. The maximum Gasteiger partial charge on any atom is 0.184 e. The molecule has 0 saturated heterocycles. The number of carbonyl (C=O) groups is 1. The fourth-order valence-electron chi connectivity index (χ4n) is 2.79. The first-order chi connectivity index (χ1) is 12.3. The second kappa shape index (κ2) is 8.38. The van der Waals surface area contributed by atoms with Crippen LogP contribution in [0.3, 0.4) is 0 Å². The van der Waals surface area contributed by atoms with Crippen molar-refractivity contribution in [3.05, 3.63) is 71.9 Å². The molecule has 3 aromatic rings. The molecule has 0 aliphatic rings. The molecule has 0 aliphatic carbocycles. The van der Waals surface area contributed by atoms with Crippen LogP contribution >= 0.6 is 0 Å². The van der Waals surface area contributed by atoms with Crippen molar-refractivity contribution in [2.75, 3.05) is 0 Å². The van der Waals surface area contributed by atoms with Crippen LogP contribution in [0.15, 0.2) is 60.8 Å². The van der Waals surface area contributed by atoms with Crippen LogP contribution < -0.4 is 0 Å². The van der Waals surface area contributed by atoms with E-state index in [-0.39, 0.29) is 12.3 Å². The van der Waals surface area contributed by atoms with Gasteiger partial charge in [-0.2, -0.15) is 0 Å². The van der Waals surface area contributed by atoms with Crippen LogP contribution in [0.2, 0.25) is 0 Å². The van der Waals surface area contributed by atoms with Gasteiger partial charge in [0.1, 0.15) is 12.2 Å². The summed E-state index contributed by atoms with van der Waals surface area (Å²) >= 11 is 0. The summed E-state index contributed by atoms with van der Waals surface area (Å²) in [6, 6.07) is 17.7. The zero-order chi connectivity index (χ0) is 17.5. The molecule has 128 valence electrons. The average Bonchev–Trinajstić information content (AvgIpc) is 3.12. The molecule has 0 aliphatic heterocycles. The summed E-state index contributed by atoms with van der Waals surface area (Å²) in [5, 5.41) is 8.29. The van der Waals surface area contributed by atoms with Gasteiger partial charge in [-0.25, -0.2) is 4.68 Å². The van der Waals surface area contributed by atoms with E-state index in [0.717, 1.165) is 17.7 Å². The predicted octanol–water partition coefficient (Wildman–Crippen LogP) is 4.56. The lowest BCUT2D eigenvalue weighted by atomic mass is 10.0. The number of Topliss-reactive ketones (excluding diaryl/α,β-unsaturated/α-hetero) is 1. The predicted molar refractivity (Wildman–Crippen MR) is 99.5 cm³/mol. The van der Waals surface area contributed by atoms with Gasteiger partial charge in [0, 0.05) is 11.1 Å². The molecule has 0 unspecified atom stereocenters. The van der Waals surface area contributed by atoms with Crippen molar-refractivity contribution in [3.8, 4) is 11.3 Å². The number of hydrogen-bond donors (Lipinski definition) is 0. The first-order valence-electron chi connectivity index (χ1n) is 8.84. The maximum absolute atomic E-state index is 12.2. The topological polar surface area (TPSA) is 47.8 Å². The van der Waals surface area contributed by atoms with E-state index in [1.54, 1.807) is 4.68 Å². The highest BCUT2D eigenvalue weighted by Gasteiger charge is 2.09. The van der Waals surface area contributed by atoms with Gasteiger partial charge in [-0.05, 0) is 18.4 Å². The number of ketones is 1. The van der Waals surface area contributed by atoms with Gasteiger partial charge < -0.3 is 0 Å². The number of hydrogen-bond acceptors (Lipinski definition) is 3. The third kappa shape index (κ3) is 4.63. The third-order valence-electron chi connectivity index (χ3n) is 4.26. The van der Waals surface area contributed by atoms with Gasteiger partial charge >= 0.3 is 0 Å². The Morgan fingerprint density at radius 1 is 1.00 bits per heavy atom. The van der Waals surface area contributed by atoms with E-state index in [1.807, 2.05) is 36.5 Å². The zero-order valence-corrected chi connectivity index (χ0v) is 14.6. The highest BCUT2D eigenvalue weighted by Crippen LogP contribution is 2.18. The van der Waals surface area contributed by atoms with Gasteiger partial charge in [0.05, 0.1) is 6.20 Å². The van der Waals surface area contributed by atoms with E-state index in [9.17, 15) is 4.79 Å². The van der Waals surface area contributed by atoms with Crippen molar-refractivity contribution in [3.63, 3.8) is 0 Å². The Balaban J connectivity index is 1.64. The van der Waals surface area contributed by atoms with Gasteiger partial charge in [0.2, 0.25) is 0 Å². The molecule has 0 N–H and O–H groups in total. The van der Waals surface area contributed by atoms with Crippen LogP contribution in [-0.4, -0.2) is 20.8 Å². The normalized spacial score (nSPS) is 10.8. The van der Waals surface area contributed by atoms with Crippen LogP contribution in [0, 0.1) is 0 Å². The quantitative estimate of drug-likeness (QED) is 0.448. The molecule has 2 aromatic carbocycles. The van der Waals surface area contributed by atoms with Gasteiger partial charge in [0.25, 0.3) is 0 Å². The number of aryl methyl sites for hydroxylation is 1. The number of carbonyl (C=O) groups excluding carboxylic acids is 1. The average molecular weight is 333 g/mol. The minimum absolute atomic E-state index is 0.0309. The monoisotopic (exact) mass is 333 g/mol. The Kier molecular flexibility index (Phi) is 5.73. The van der Waals surface area contributed by atoms with Crippen molar-refractivity contribution < 1.29 is 4.79 Å². The van der Waals surface area contributed by atoms with Crippen LogP contribution in [0.5, 0.6) is 0 Å². The summed E-state index contributed by atoms with van der Waals surface area (Å²) in [6.07, 6.45) is 6.68. The van der Waals surface area contributed by atoms with E-state index in [0.29, 0.717) is 5.56 Å². The molecule has 0 amide bonds. The third-order valence-corrected chi connectivity index (χ3v) is 4.26. The Morgan fingerprint density at radius 3 is 2.48 bits per heavy atom. The molecule has 25 heavy (non-hydrogen) atoms. The Labute approximate surface area is 148 Å². The van der Waals surface area contributed by atoms with Gasteiger partial charge in [-0.1, -0.05) is 79.6 Å². The molecule has 0 fully saturated rings. The molecule has 0 saturated carbocycles. The molecule has 0 radical (unpaired) electrons. The number of nitrogens with zero attached hydrogens (tertiary/aromatic N) is 3. The first kappa shape index (κ1) is 17.1. The summed E-state index contributed by atoms with van der Waals surface area (Å²) in [5.74, 6) is 0.0309. The molecule has 0 atom stereocenters. The molecular formula is C21H23N3O. The molecule has 0 spiro atoms. The Hall–Kier alpha value is -2.75. The number of benzene rings is 2. The van der Waals surface area contributed by atoms with Crippen LogP contribution in [0.4, 0.5) is 0 Å². The molecule has 1 aromatic heterocycles. The van der Waals surface area contributed by atoms with Crippen molar-refractivity contribution >= 4 is 5.78 Å². The van der Waals surface area contributed by atoms with E-state index < -0.39 is 0 Å². The van der Waals surface area contributed by atoms with Crippen molar-refractivity contribution in [2.45, 2.75) is 39.2 Å². The van der Waals surface area contributed by atoms with Crippen LogP contribution in [0.1, 0.15) is 42.1 Å². The highest BCUT2D eigenvalue weighted by molar-refractivity contribution is 5.95. The van der Waals surface area contributed by atoms with Crippen molar-refractivity contribution in [1.82, 2.24) is 15.0 Å². The summed E-state index contributed by atoms with van der Waals surface area (Å²) in [7, 11) is 0. The second-order valence-electron chi connectivity index (χ2n) is 6.24. The Bertz CT molecular complexity index is 807. The van der Waals surface area contributed by atoms with E-state index in [4.69, 9.17) is 0 Å². The molecule has 4 nitrogen and oxygen atoms in total. The van der Waals surface area contributed by atoms with E-state index >= 15 is 0 Å². The summed E-state index contributed by atoms with van der Waals surface area (Å²) in [4.78, 5) is 12.2. The molecule has 0 bridgehead atoms. The standard InChI is InChI=1S/C21H23N3O/c1-2-3-5-8-17-11-13-18(14-12-17)20-15-24(23-22-20)16-21(25)19-9-6-4-7-10-19/h4,6-7,9-15H,2-3,5,8,16H2,1H3. The largest absolute Gasteiger partial charge is 0.292 e. The van der Waals surface area contributed by atoms with Gasteiger partial charge in [-0.3, -0.25) is 4.79 Å². The lowest BCUT2D eigenvalue weighted by Crippen LogP contribution is -2.10. The fourth-order valence-corrected chi connectivity index (χ4v) is 2.79. The van der Waals surface area contributed by atoms with Gasteiger partial charge in [0.15, 0.2) is 5.78 Å². The molecule has 3 rings (SSSR count). The lowest BCUT2D eigenvalue weighted by molar-refractivity contribution is 0.0967. The SMILES string of the molecule is CCCCCc1ccc(-c2cn(CC(=O)c3ccccc3)nn2)cc1. The van der Waals surface area contributed by atoms with E-state index in [2.05, 4.69) is 41.5 Å². The lowest BCUT2D eigenvalue weighted by Gasteiger charge is -2.02. The van der Waals surface area contributed by atoms with Gasteiger partial charge in [-0.15, -0.1) is 5.10 Å². The molecule has 1 heterocycles. The molecule has 4 heteroatoms. The number of aromatic nitrogens is 3. The summed E-state index contributed by atoms with van der Waals surface area (Å²) in [5.41, 5.74) is 3.86. The highest BCUT2D eigenvalue weighted by atomic mass is 16.1. The minimum Gasteiger partial charge on any atom is -0.292 e. The Morgan fingerprint density at radius 2 is 1.76 bits per heavy atom.